The minimum absolute atomic E-state index is 0.352. The van der Waals surface area contributed by atoms with Crippen molar-refractivity contribution in [3.63, 3.8) is 0 Å². The average molecular weight is 269 g/mol. The fourth-order valence-electron chi connectivity index (χ4n) is 1.57. The molecule has 2 heteroatoms. The SMILES string of the molecule is C/C=C\C=C(/C(C)=S)C(C)NCCCCC.CC. The molecule has 0 aliphatic heterocycles. The molecule has 0 rings (SSSR count). The summed E-state index contributed by atoms with van der Waals surface area (Å²) >= 11 is 5.27. The predicted molar refractivity (Wildman–Crippen MR) is 89.5 cm³/mol. The van der Waals surface area contributed by atoms with Crippen molar-refractivity contribution in [1.29, 1.82) is 0 Å². The lowest BCUT2D eigenvalue weighted by molar-refractivity contribution is 0.577. The molecule has 1 nitrogen and oxygen atoms in total. The van der Waals surface area contributed by atoms with Crippen LogP contribution in [0, 0.1) is 0 Å². The van der Waals surface area contributed by atoms with E-state index in [9.17, 15) is 0 Å². The number of allylic oxidation sites excluding steroid dienone is 3. The summed E-state index contributed by atoms with van der Waals surface area (Å²) in [6, 6.07) is 0.352. The van der Waals surface area contributed by atoms with Crippen molar-refractivity contribution in [2.75, 3.05) is 6.54 Å². The van der Waals surface area contributed by atoms with Crippen molar-refractivity contribution < 1.29 is 0 Å². The molecule has 1 unspecified atom stereocenters. The second-order valence-corrected chi connectivity index (χ2v) is 4.70. The van der Waals surface area contributed by atoms with Crippen molar-refractivity contribution in [2.45, 2.75) is 66.8 Å². The summed E-state index contributed by atoms with van der Waals surface area (Å²) in [6.45, 7) is 13.5. The molecule has 0 aromatic heterocycles. The highest BCUT2D eigenvalue weighted by molar-refractivity contribution is 7.80. The van der Waals surface area contributed by atoms with Crippen LogP contribution in [0.1, 0.15) is 60.8 Å². The fraction of sp³-hybridized carbons (Fsp3) is 0.688. The summed E-state index contributed by atoms with van der Waals surface area (Å²) in [7, 11) is 0. The maximum absolute atomic E-state index is 5.27. The van der Waals surface area contributed by atoms with Crippen molar-refractivity contribution in [3.8, 4) is 0 Å². The minimum Gasteiger partial charge on any atom is -0.310 e. The molecule has 18 heavy (non-hydrogen) atoms. The van der Waals surface area contributed by atoms with Crippen molar-refractivity contribution in [2.24, 2.45) is 0 Å². The molecule has 0 bridgehead atoms. The Morgan fingerprint density at radius 1 is 1.28 bits per heavy atom. The van der Waals surface area contributed by atoms with E-state index in [-0.39, 0.29) is 0 Å². The highest BCUT2D eigenvalue weighted by Crippen LogP contribution is 2.06. The molecule has 0 aromatic carbocycles. The Morgan fingerprint density at radius 2 is 1.89 bits per heavy atom. The van der Waals surface area contributed by atoms with Crippen molar-refractivity contribution >= 4 is 17.1 Å². The Kier molecular flexibility index (Phi) is 16.1. The molecule has 1 atom stereocenters. The Hall–Kier alpha value is -0.470. The van der Waals surface area contributed by atoms with E-state index in [1.165, 1.54) is 24.8 Å². The number of hydrogen-bond acceptors (Lipinski definition) is 2. The van der Waals surface area contributed by atoms with Crippen LogP contribution in [0.15, 0.2) is 23.8 Å². The Labute approximate surface area is 120 Å². The molecule has 0 fully saturated rings. The Balaban J connectivity index is 0. The van der Waals surface area contributed by atoms with Gasteiger partial charge in [-0.15, -0.1) is 0 Å². The maximum atomic E-state index is 5.27. The standard InChI is InChI=1S/C14H25NS.C2H6/c1-5-7-9-11-15-12(3)14(13(4)16)10-8-6-2;1-2/h6,8,10,12,15H,5,7,9,11H2,1-4H3;1-2H3/b8-6-,14-10-;. The first-order valence-electron chi connectivity index (χ1n) is 7.20. The van der Waals surface area contributed by atoms with E-state index in [1.807, 2.05) is 33.8 Å². The zero-order valence-corrected chi connectivity index (χ0v) is 13.9. The predicted octanol–water partition coefficient (Wildman–Crippen LogP) is 5.07. The largest absolute Gasteiger partial charge is 0.310 e. The maximum Gasteiger partial charge on any atom is 0.0302 e. The van der Waals surface area contributed by atoms with Gasteiger partial charge in [0, 0.05) is 10.9 Å². The highest BCUT2D eigenvalue weighted by Gasteiger charge is 2.08. The van der Waals surface area contributed by atoms with Crippen molar-refractivity contribution in [3.05, 3.63) is 23.8 Å². The van der Waals surface area contributed by atoms with Gasteiger partial charge in [0.2, 0.25) is 0 Å². The van der Waals surface area contributed by atoms with Crippen LogP contribution in [0.25, 0.3) is 0 Å². The molecule has 0 heterocycles. The number of rotatable bonds is 8. The lowest BCUT2D eigenvalue weighted by Gasteiger charge is -2.16. The third kappa shape index (κ3) is 10.7. The van der Waals surface area contributed by atoms with E-state index in [4.69, 9.17) is 12.2 Å². The van der Waals surface area contributed by atoms with E-state index in [0.29, 0.717) is 6.04 Å². The van der Waals surface area contributed by atoms with Crippen LogP contribution in [-0.4, -0.2) is 17.5 Å². The second-order valence-electron chi connectivity index (χ2n) is 4.09. The summed E-state index contributed by atoms with van der Waals surface area (Å²) in [4.78, 5) is 0.980. The quantitative estimate of drug-likeness (QED) is 0.286. The van der Waals surface area contributed by atoms with E-state index in [2.05, 4.69) is 31.3 Å². The molecule has 0 aliphatic carbocycles. The summed E-state index contributed by atoms with van der Waals surface area (Å²) in [6.07, 6.45) is 10.00. The van der Waals surface area contributed by atoms with Gasteiger partial charge in [-0.1, -0.05) is 64.1 Å². The molecule has 0 spiro atoms. The van der Waals surface area contributed by atoms with Gasteiger partial charge in [0.05, 0.1) is 0 Å². The van der Waals surface area contributed by atoms with Crippen LogP contribution in [0.2, 0.25) is 0 Å². The first kappa shape index (κ1) is 19.9. The van der Waals surface area contributed by atoms with E-state index in [1.54, 1.807) is 0 Å². The third-order valence-electron chi connectivity index (χ3n) is 2.57. The lowest BCUT2D eigenvalue weighted by atomic mass is 10.1. The summed E-state index contributed by atoms with van der Waals surface area (Å²) < 4.78 is 0. The van der Waals surface area contributed by atoms with Gasteiger partial charge in [0.25, 0.3) is 0 Å². The van der Waals surface area contributed by atoms with Gasteiger partial charge in [-0.25, -0.2) is 0 Å². The van der Waals surface area contributed by atoms with Crippen LogP contribution in [0.4, 0.5) is 0 Å². The zero-order valence-electron chi connectivity index (χ0n) is 13.0. The molecule has 106 valence electrons. The van der Waals surface area contributed by atoms with Gasteiger partial charge in [-0.3, -0.25) is 0 Å². The number of thiocarbonyl (C=S) groups is 1. The Bertz CT molecular complexity index is 254. The summed E-state index contributed by atoms with van der Waals surface area (Å²) in [5, 5.41) is 3.52. The molecular weight excluding hydrogens is 238 g/mol. The lowest BCUT2D eigenvalue weighted by Crippen LogP contribution is -2.30. The fourth-order valence-corrected chi connectivity index (χ4v) is 1.81. The normalized spacial score (nSPS) is 13.1. The van der Waals surface area contributed by atoms with E-state index >= 15 is 0 Å². The van der Waals surface area contributed by atoms with Crippen LogP contribution in [0.5, 0.6) is 0 Å². The molecular formula is C16H31NS. The highest BCUT2D eigenvalue weighted by atomic mass is 32.1. The van der Waals surface area contributed by atoms with Gasteiger partial charge in [0.15, 0.2) is 0 Å². The van der Waals surface area contributed by atoms with Gasteiger partial charge in [-0.2, -0.15) is 0 Å². The van der Waals surface area contributed by atoms with Gasteiger partial charge < -0.3 is 5.32 Å². The van der Waals surface area contributed by atoms with Crippen LogP contribution in [0.3, 0.4) is 0 Å². The van der Waals surface area contributed by atoms with Crippen LogP contribution < -0.4 is 5.32 Å². The van der Waals surface area contributed by atoms with Gasteiger partial charge >= 0.3 is 0 Å². The average Bonchev–Trinajstić information content (AvgIpc) is 2.37. The minimum atomic E-state index is 0.352. The monoisotopic (exact) mass is 269 g/mol. The van der Waals surface area contributed by atoms with E-state index < -0.39 is 0 Å². The molecule has 0 amide bonds. The summed E-state index contributed by atoms with van der Waals surface area (Å²) in [5.74, 6) is 0. The second kappa shape index (κ2) is 14.6. The van der Waals surface area contributed by atoms with Crippen LogP contribution in [-0.2, 0) is 0 Å². The number of nitrogens with one attached hydrogen (secondary N) is 1. The topological polar surface area (TPSA) is 12.0 Å². The molecule has 1 N–H and O–H groups in total. The third-order valence-corrected chi connectivity index (χ3v) is 2.81. The van der Waals surface area contributed by atoms with Crippen LogP contribution >= 0.6 is 12.2 Å². The molecule has 0 radical (unpaired) electrons. The summed E-state index contributed by atoms with van der Waals surface area (Å²) in [5.41, 5.74) is 1.23. The molecule has 0 saturated heterocycles. The first-order chi connectivity index (χ1) is 8.63. The molecule has 0 aliphatic rings. The smallest absolute Gasteiger partial charge is 0.0302 e. The molecule has 0 aromatic rings. The first-order valence-corrected chi connectivity index (χ1v) is 7.61. The zero-order chi connectivity index (χ0) is 14.4. The molecule has 0 saturated carbocycles. The van der Waals surface area contributed by atoms with Gasteiger partial charge in [-0.05, 0) is 39.3 Å². The Morgan fingerprint density at radius 3 is 2.33 bits per heavy atom. The number of unbranched alkanes of at least 4 members (excludes halogenated alkanes) is 2. The number of hydrogen-bond donors (Lipinski definition) is 1. The van der Waals surface area contributed by atoms with Gasteiger partial charge in [0.1, 0.15) is 0 Å². The van der Waals surface area contributed by atoms with Crippen molar-refractivity contribution in [1.82, 2.24) is 5.32 Å². The van der Waals surface area contributed by atoms with E-state index in [0.717, 1.165) is 11.4 Å².